The lowest BCUT2D eigenvalue weighted by Gasteiger charge is -2.01. The van der Waals surface area contributed by atoms with Crippen molar-refractivity contribution in [1.82, 2.24) is 19.9 Å². The van der Waals surface area contributed by atoms with Crippen molar-refractivity contribution in [3.8, 4) is 0 Å². The van der Waals surface area contributed by atoms with Gasteiger partial charge in [-0.2, -0.15) is 0 Å². The quantitative estimate of drug-likeness (QED) is 0.768. The molecule has 0 atom stereocenters. The smallest absolute Gasteiger partial charge is 0.171 e. The van der Waals surface area contributed by atoms with Crippen LogP contribution in [0.4, 0.5) is 5.82 Å². The second-order valence-electron chi connectivity index (χ2n) is 2.90. The minimum atomic E-state index is 0.496. The maximum absolute atomic E-state index is 5.67. The molecule has 0 aliphatic rings. The molecule has 0 saturated heterocycles. The van der Waals surface area contributed by atoms with Crippen molar-refractivity contribution in [3.05, 3.63) is 24.3 Å². The molecule has 15 heavy (non-hydrogen) atoms. The molecule has 2 rings (SSSR count). The molecule has 2 heterocycles. The molecule has 0 aliphatic heterocycles. The molecule has 6 heteroatoms. The summed E-state index contributed by atoms with van der Waals surface area (Å²) in [6.07, 6.45) is 4.25. The van der Waals surface area contributed by atoms with Gasteiger partial charge in [-0.05, 0) is 11.8 Å². The van der Waals surface area contributed by atoms with Gasteiger partial charge in [-0.25, -0.2) is 15.0 Å². The van der Waals surface area contributed by atoms with E-state index in [1.54, 1.807) is 18.5 Å². The number of rotatable bonds is 3. The molecule has 0 unspecified atom stereocenters. The maximum atomic E-state index is 5.67. The molecule has 3 N–H and O–H groups in total. The zero-order valence-corrected chi connectivity index (χ0v) is 9.08. The lowest BCUT2D eigenvalue weighted by molar-refractivity contribution is 0.891. The summed E-state index contributed by atoms with van der Waals surface area (Å²) in [6, 6.07) is 1.74. The van der Waals surface area contributed by atoms with Crippen molar-refractivity contribution < 1.29 is 0 Å². The summed E-state index contributed by atoms with van der Waals surface area (Å²) in [5.74, 6) is 1.25. The monoisotopic (exact) mass is 221 g/mol. The number of aromatic amines is 1. The molecule has 2 aromatic rings. The van der Waals surface area contributed by atoms with E-state index in [-0.39, 0.29) is 0 Å². The molecule has 2 aromatic heterocycles. The minimum absolute atomic E-state index is 0.496. The fourth-order valence-corrected chi connectivity index (χ4v) is 1.88. The highest BCUT2D eigenvalue weighted by Crippen LogP contribution is 2.23. The van der Waals surface area contributed by atoms with Crippen molar-refractivity contribution in [1.29, 1.82) is 0 Å². The molecule has 0 fully saturated rings. The Kier molecular flexibility index (Phi) is 2.86. The third kappa shape index (κ3) is 2.47. The molecule has 0 amide bonds. The number of hydrogen-bond acceptors (Lipinski definition) is 5. The van der Waals surface area contributed by atoms with Gasteiger partial charge in [0, 0.05) is 24.9 Å². The van der Waals surface area contributed by atoms with Crippen molar-refractivity contribution in [2.75, 3.05) is 5.73 Å². The van der Waals surface area contributed by atoms with Crippen molar-refractivity contribution >= 4 is 17.6 Å². The summed E-state index contributed by atoms with van der Waals surface area (Å²) < 4.78 is 0. The maximum Gasteiger partial charge on any atom is 0.171 e. The van der Waals surface area contributed by atoms with E-state index in [0.717, 1.165) is 22.4 Å². The number of anilines is 1. The molecule has 78 valence electrons. The summed E-state index contributed by atoms with van der Waals surface area (Å²) in [5.41, 5.74) is 5.67. The fraction of sp³-hybridized carbons (Fsp3) is 0.222. The number of hydrogen-bond donors (Lipinski definition) is 2. The van der Waals surface area contributed by atoms with E-state index in [4.69, 9.17) is 5.73 Å². The summed E-state index contributed by atoms with van der Waals surface area (Å²) in [4.78, 5) is 15.5. The summed E-state index contributed by atoms with van der Waals surface area (Å²) in [7, 11) is 0. The first-order valence-electron chi connectivity index (χ1n) is 4.58. The summed E-state index contributed by atoms with van der Waals surface area (Å²) in [6.45, 7) is 2.00. The molecule has 0 aromatic carbocycles. The number of nitrogen functional groups attached to an aromatic ring is 1. The predicted molar refractivity (Wildman–Crippen MR) is 58.5 cm³/mol. The molecule has 0 saturated carbocycles. The number of aromatic nitrogens is 4. The highest BCUT2D eigenvalue weighted by molar-refractivity contribution is 7.99. The summed E-state index contributed by atoms with van der Waals surface area (Å²) >= 11 is 1.44. The number of imidazole rings is 1. The van der Waals surface area contributed by atoms with E-state index >= 15 is 0 Å². The molecule has 0 spiro atoms. The van der Waals surface area contributed by atoms with Gasteiger partial charge in [0.05, 0.1) is 0 Å². The Labute approximate surface area is 91.5 Å². The largest absolute Gasteiger partial charge is 0.384 e. The second kappa shape index (κ2) is 4.31. The lowest BCUT2D eigenvalue weighted by Crippen LogP contribution is -1.99. The molecular weight excluding hydrogens is 210 g/mol. The van der Waals surface area contributed by atoms with E-state index in [2.05, 4.69) is 19.9 Å². The standard InChI is InChI=1S/C9H11N5S/c1-2-7-13-6(10)5-8(14-7)15-9-11-3-4-12-9/h3-5H,2H2,1H3,(H,11,12)(H2,10,13,14). The Morgan fingerprint density at radius 3 is 3.00 bits per heavy atom. The van der Waals surface area contributed by atoms with Gasteiger partial charge >= 0.3 is 0 Å². The van der Waals surface area contributed by atoms with Crippen LogP contribution in [0.15, 0.2) is 28.6 Å². The lowest BCUT2D eigenvalue weighted by atomic mass is 10.4. The Hall–Kier alpha value is -1.56. The third-order valence-corrected chi connectivity index (χ3v) is 2.59. The van der Waals surface area contributed by atoms with E-state index in [0.29, 0.717) is 5.82 Å². The molecule has 5 nitrogen and oxygen atoms in total. The second-order valence-corrected chi connectivity index (χ2v) is 3.91. The van der Waals surface area contributed by atoms with Gasteiger partial charge in [0.1, 0.15) is 16.7 Å². The number of nitrogens with zero attached hydrogens (tertiary/aromatic N) is 3. The van der Waals surface area contributed by atoms with Crippen LogP contribution in [0, 0.1) is 0 Å². The first kappa shape index (κ1) is 9.97. The number of H-pyrrole nitrogens is 1. The molecule has 0 aliphatic carbocycles. The van der Waals surface area contributed by atoms with Crippen molar-refractivity contribution in [2.24, 2.45) is 0 Å². The molecule has 0 radical (unpaired) electrons. The van der Waals surface area contributed by atoms with Gasteiger partial charge < -0.3 is 10.7 Å². The topological polar surface area (TPSA) is 80.5 Å². The van der Waals surface area contributed by atoms with Crippen LogP contribution in [0.25, 0.3) is 0 Å². The zero-order chi connectivity index (χ0) is 10.7. The molecular formula is C9H11N5S. The van der Waals surface area contributed by atoms with Crippen molar-refractivity contribution in [2.45, 2.75) is 23.5 Å². The van der Waals surface area contributed by atoms with Crippen LogP contribution in [0.3, 0.4) is 0 Å². The number of aryl methyl sites for hydroxylation is 1. The van der Waals surface area contributed by atoms with Crippen LogP contribution in [-0.2, 0) is 6.42 Å². The van der Waals surface area contributed by atoms with Gasteiger partial charge in [0.15, 0.2) is 5.16 Å². The number of nitrogens with two attached hydrogens (primary N) is 1. The summed E-state index contributed by atoms with van der Waals surface area (Å²) in [5, 5.41) is 1.62. The zero-order valence-electron chi connectivity index (χ0n) is 8.27. The Morgan fingerprint density at radius 2 is 2.33 bits per heavy atom. The van der Waals surface area contributed by atoms with Gasteiger partial charge in [0.2, 0.25) is 0 Å². The first-order valence-corrected chi connectivity index (χ1v) is 5.40. The normalized spacial score (nSPS) is 10.5. The van der Waals surface area contributed by atoms with E-state index in [1.165, 1.54) is 11.8 Å². The minimum Gasteiger partial charge on any atom is -0.384 e. The van der Waals surface area contributed by atoms with E-state index in [1.807, 2.05) is 6.92 Å². The van der Waals surface area contributed by atoms with E-state index in [9.17, 15) is 0 Å². The van der Waals surface area contributed by atoms with Crippen LogP contribution < -0.4 is 5.73 Å². The Bertz CT molecular complexity index is 440. The SMILES string of the molecule is CCc1nc(N)cc(Sc2ncc[nH]2)n1. The van der Waals surface area contributed by atoms with Gasteiger partial charge in [-0.15, -0.1) is 0 Å². The van der Waals surface area contributed by atoms with Crippen LogP contribution in [0.5, 0.6) is 0 Å². The van der Waals surface area contributed by atoms with Crippen LogP contribution in [0.2, 0.25) is 0 Å². The average molecular weight is 221 g/mol. The average Bonchev–Trinajstić information content (AvgIpc) is 2.69. The van der Waals surface area contributed by atoms with Gasteiger partial charge in [0.25, 0.3) is 0 Å². The van der Waals surface area contributed by atoms with Gasteiger partial charge in [-0.3, -0.25) is 0 Å². The highest BCUT2D eigenvalue weighted by Gasteiger charge is 2.04. The van der Waals surface area contributed by atoms with Crippen LogP contribution >= 0.6 is 11.8 Å². The highest BCUT2D eigenvalue weighted by atomic mass is 32.2. The van der Waals surface area contributed by atoms with Gasteiger partial charge in [-0.1, -0.05) is 6.92 Å². The van der Waals surface area contributed by atoms with E-state index < -0.39 is 0 Å². The first-order chi connectivity index (χ1) is 7.28. The third-order valence-electron chi connectivity index (χ3n) is 1.76. The van der Waals surface area contributed by atoms with Crippen molar-refractivity contribution in [3.63, 3.8) is 0 Å². The van der Waals surface area contributed by atoms with Crippen LogP contribution in [0.1, 0.15) is 12.7 Å². The number of nitrogens with one attached hydrogen (secondary N) is 1. The Morgan fingerprint density at radius 1 is 1.47 bits per heavy atom. The molecule has 0 bridgehead atoms. The predicted octanol–water partition coefficient (Wildman–Crippen LogP) is 1.50. The Balaban J connectivity index is 2.24. The van der Waals surface area contributed by atoms with Crippen LogP contribution in [-0.4, -0.2) is 19.9 Å². The fourth-order valence-electron chi connectivity index (χ4n) is 1.11.